The van der Waals surface area contributed by atoms with Gasteiger partial charge in [0.1, 0.15) is 5.75 Å². The maximum atomic E-state index is 13.1. The van der Waals surface area contributed by atoms with Gasteiger partial charge in [0.25, 0.3) is 5.56 Å². The van der Waals surface area contributed by atoms with Gasteiger partial charge in [0.2, 0.25) is 5.91 Å². The molecule has 0 bridgehead atoms. The van der Waals surface area contributed by atoms with E-state index >= 15 is 0 Å². The average Bonchev–Trinajstić information content (AvgIpc) is 2.75. The molecule has 1 aromatic heterocycles. The van der Waals surface area contributed by atoms with E-state index in [-0.39, 0.29) is 17.2 Å². The number of halogens is 1. The molecule has 0 atom stereocenters. The highest BCUT2D eigenvalue weighted by atomic mass is 79.9. The van der Waals surface area contributed by atoms with Gasteiger partial charge in [-0.25, -0.2) is 4.98 Å². The van der Waals surface area contributed by atoms with E-state index < -0.39 is 0 Å². The number of hydrogen-bond acceptors (Lipinski definition) is 5. The number of carbonyl (C=O) groups excluding carboxylic acids is 1. The smallest absolute Gasteiger partial charge is 0.262 e. The molecule has 30 heavy (non-hydrogen) atoms. The fourth-order valence-corrected chi connectivity index (χ4v) is 4.25. The van der Waals surface area contributed by atoms with E-state index in [0.29, 0.717) is 34.0 Å². The normalized spacial score (nSPS) is 10.9. The summed E-state index contributed by atoms with van der Waals surface area (Å²) in [5, 5.41) is 3.99. The molecule has 0 spiro atoms. The number of anilines is 1. The zero-order chi connectivity index (χ0) is 21.5. The molecule has 158 valence electrons. The van der Waals surface area contributed by atoms with Crippen molar-refractivity contribution in [1.82, 2.24) is 9.55 Å². The summed E-state index contributed by atoms with van der Waals surface area (Å²) >= 11 is 4.69. The monoisotopic (exact) mass is 489 g/mol. The van der Waals surface area contributed by atoms with Crippen LogP contribution in [0.5, 0.6) is 5.75 Å². The Hall–Kier alpha value is -2.32. The topological polar surface area (TPSA) is 73.2 Å². The van der Waals surface area contributed by atoms with Crippen molar-refractivity contribution in [3.8, 4) is 5.75 Å². The highest BCUT2D eigenvalue weighted by molar-refractivity contribution is 9.10. The first kappa shape index (κ1) is 22.4. The van der Waals surface area contributed by atoms with Crippen molar-refractivity contribution in [2.45, 2.75) is 37.9 Å². The lowest BCUT2D eigenvalue weighted by atomic mass is 10.2. The maximum absolute atomic E-state index is 13.1. The Balaban J connectivity index is 1.83. The molecule has 2 aromatic carbocycles. The van der Waals surface area contributed by atoms with Gasteiger partial charge >= 0.3 is 0 Å². The minimum absolute atomic E-state index is 0.0787. The Morgan fingerprint density at radius 1 is 1.23 bits per heavy atom. The molecule has 0 aliphatic carbocycles. The number of nitrogens with one attached hydrogen (secondary N) is 1. The molecule has 0 fully saturated rings. The molecule has 0 saturated heterocycles. The first-order valence-corrected chi connectivity index (χ1v) is 11.6. The lowest BCUT2D eigenvalue weighted by Gasteiger charge is -2.14. The van der Waals surface area contributed by atoms with Crippen LogP contribution in [0.15, 0.2) is 56.9 Å². The van der Waals surface area contributed by atoms with Crippen molar-refractivity contribution in [1.29, 1.82) is 0 Å². The molecule has 3 aromatic rings. The second-order valence-corrected chi connectivity index (χ2v) is 8.62. The van der Waals surface area contributed by atoms with E-state index in [9.17, 15) is 9.59 Å². The Morgan fingerprint density at radius 3 is 2.80 bits per heavy atom. The van der Waals surface area contributed by atoms with Crippen LogP contribution in [-0.2, 0) is 11.3 Å². The number of hydrogen-bond donors (Lipinski definition) is 1. The third-order valence-electron chi connectivity index (χ3n) is 4.58. The van der Waals surface area contributed by atoms with Gasteiger partial charge in [-0.2, -0.15) is 0 Å². The van der Waals surface area contributed by atoms with Gasteiger partial charge in [0.05, 0.1) is 29.5 Å². The van der Waals surface area contributed by atoms with Crippen LogP contribution in [0.1, 0.15) is 26.2 Å². The molecule has 1 N–H and O–H groups in total. The third-order valence-corrected chi connectivity index (χ3v) is 6.05. The van der Waals surface area contributed by atoms with Crippen LogP contribution in [-0.4, -0.2) is 28.3 Å². The summed E-state index contributed by atoms with van der Waals surface area (Å²) in [6.07, 6.45) is 2.98. The summed E-state index contributed by atoms with van der Waals surface area (Å²) in [6, 6.07) is 12.7. The molecular formula is C22H24BrN3O3S. The maximum Gasteiger partial charge on any atom is 0.262 e. The van der Waals surface area contributed by atoms with E-state index in [4.69, 9.17) is 4.74 Å². The second kappa shape index (κ2) is 10.6. The van der Waals surface area contributed by atoms with Crippen LogP contribution >= 0.6 is 27.7 Å². The molecular weight excluding hydrogens is 466 g/mol. The van der Waals surface area contributed by atoms with Gasteiger partial charge in [-0.15, -0.1) is 0 Å². The van der Waals surface area contributed by atoms with Gasteiger partial charge in [0, 0.05) is 11.0 Å². The zero-order valence-corrected chi connectivity index (χ0v) is 19.4. The minimum atomic E-state index is -0.185. The van der Waals surface area contributed by atoms with Gasteiger partial charge in [-0.05, 0) is 36.8 Å². The lowest BCUT2D eigenvalue weighted by Crippen LogP contribution is -2.24. The number of methoxy groups -OCH3 is 1. The van der Waals surface area contributed by atoms with Crippen LogP contribution < -0.4 is 15.6 Å². The summed E-state index contributed by atoms with van der Waals surface area (Å²) in [4.78, 5) is 30.3. The van der Waals surface area contributed by atoms with Crippen LogP contribution in [0.25, 0.3) is 10.9 Å². The van der Waals surface area contributed by atoms with Crippen LogP contribution in [0.3, 0.4) is 0 Å². The van der Waals surface area contributed by atoms with Crippen LogP contribution in [0, 0.1) is 0 Å². The number of ether oxygens (including phenoxy) is 1. The van der Waals surface area contributed by atoms with E-state index in [1.807, 2.05) is 24.3 Å². The van der Waals surface area contributed by atoms with E-state index in [2.05, 4.69) is 33.2 Å². The second-order valence-electron chi connectivity index (χ2n) is 6.76. The van der Waals surface area contributed by atoms with Gasteiger partial charge < -0.3 is 10.1 Å². The molecule has 1 heterocycles. The largest absolute Gasteiger partial charge is 0.495 e. The Labute approximate surface area is 188 Å². The SMILES string of the molecule is CCCCCn1c(SCC(=O)Nc2ccccc2OC)nc2ccc(Br)cc2c1=O. The summed E-state index contributed by atoms with van der Waals surface area (Å²) in [5.41, 5.74) is 1.16. The van der Waals surface area contributed by atoms with Gasteiger partial charge in [-0.3, -0.25) is 14.2 Å². The zero-order valence-electron chi connectivity index (χ0n) is 17.0. The molecule has 0 radical (unpaired) electrons. The lowest BCUT2D eigenvalue weighted by molar-refractivity contribution is -0.113. The number of thioether (sulfide) groups is 1. The van der Waals surface area contributed by atoms with Crippen molar-refractivity contribution in [2.24, 2.45) is 0 Å². The Kier molecular flexibility index (Phi) is 7.93. The molecule has 3 rings (SSSR count). The Bertz CT molecular complexity index is 1100. The summed E-state index contributed by atoms with van der Waals surface area (Å²) in [7, 11) is 1.56. The third kappa shape index (κ3) is 5.43. The molecule has 0 unspecified atom stereocenters. The Morgan fingerprint density at radius 2 is 2.03 bits per heavy atom. The van der Waals surface area contributed by atoms with Crippen molar-refractivity contribution >= 4 is 50.2 Å². The van der Waals surface area contributed by atoms with E-state index in [1.165, 1.54) is 11.8 Å². The van der Waals surface area contributed by atoms with Crippen molar-refractivity contribution in [2.75, 3.05) is 18.2 Å². The quantitative estimate of drug-likeness (QED) is 0.257. The standard InChI is InChI=1S/C22H24BrN3O3S/c1-3-4-7-12-26-21(28)16-13-15(23)10-11-17(16)25-22(26)30-14-20(27)24-18-8-5-6-9-19(18)29-2/h5-6,8-11,13H,3-4,7,12,14H2,1-2H3,(H,24,27). The van der Waals surface area contributed by atoms with Crippen molar-refractivity contribution in [3.05, 3.63) is 57.3 Å². The molecule has 1 amide bonds. The van der Waals surface area contributed by atoms with Crippen LogP contribution in [0.4, 0.5) is 5.69 Å². The fourth-order valence-electron chi connectivity index (χ4n) is 3.06. The molecule has 0 aliphatic heterocycles. The number of benzene rings is 2. The highest BCUT2D eigenvalue weighted by Gasteiger charge is 2.14. The van der Waals surface area contributed by atoms with Crippen LogP contribution in [0.2, 0.25) is 0 Å². The highest BCUT2D eigenvalue weighted by Crippen LogP contribution is 2.25. The molecule has 0 saturated carbocycles. The van der Waals surface area contributed by atoms with Gasteiger partial charge in [-0.1, -0.05) is 59.6 Å². The number of carbonyl (C=O) groups is 1. The van der Waals surface area contributed by atoms with Crippen molar-refractivity contribution < 1.29 is 9.53 Å². The molecule has 6 nitrogen and oxygen atoms in total. The molecule has 8 heteroatoms. The predicted octanol–water partition coefficient (Wildman–Crippen LogP) is 5.09. The number of fused-ring (bicyclic) bond motifs is 1. The average molecular weight is 490 g/mol. The number of unbranched alkanes of at least 4 members (excludes halogenated alkanes) is 2. The van der Waals surface area contributed by atoms with Gasteiger partial charge in [0.15, 0.2) is 5.16 Å². The first-order chi connectivity index (χ1) is 14.5. The van der Waals surface area contributed by atoms with E-state index in [1.54, 1.807) is 29.9 Å². The summed E-state index contributed by atoms with van der Waals surface area (Å²) in [5.74, 6) is 0.553. The number of amides is 1. The first-order valence-electron chi connectivity index (χ1n) is 9.79. The van der Waals surface area contributed by atoms with Crippen molar-refractivity contribution in [3.63, 3.8) is 0 Å². The summed E-state index contributed by atoms with van der Waals surface area (Å²) in [6.45, 7) is 2.70. The van der Waals surface area contributed by atoms with E-state index in [0.717, 1.165) is 23.7 Å². The number of para-hydroxylation sites is 2. The minimum Gasteiger partial charge on any atom is -0.495 e. The molecule has 0 aliphatic rings. The summed E-state index contributed by atoms with van der Waals surface area (Å²) < 4.78 is 7.80. The predicted molar refractivity (Wildman–Crippen MR) is 126 cm³/mol. The number of nitrogens with zero attached hydrogens (tertiary/aromatic N) is 2. The fraction of sp³-hybridized carbons (Fsp3) is 0.318. The number of aromatic nitrogens is 2. The number of rotatable bonds is 9.